The van der Waals surface area contributed by atoms with Crippen LogP contribution < -0.4 is 0 Å². The Morgan fingerprint density at radius 2 is 1.90 bits per heavy atom. The van der Waals surface area contributed by atoms with E-state index in [1.807, 2.05) is 0 Å². The summed E-state index contributed by atoms with van der Waals surface area (Å²) < 4.78 is 31.1. The number of hydrogen-bond donors (Lipinski definition) is 1. The average Bonchev–Trinajstić information content (AvgIpc) is 3.10. The van der Waals surface area contributed by atoms with Crippen molar-refractivity contribution in [3.8, 4) is 0 Å². The van der Waals surface area contributed by atoms with Crippen molar-refractivity contribution >= 4 is 16.0 Å². The SMILES string of the molecule is O=C(O)c1ccc(S(=O)(=O)N2CCN(CC3CC3)CC2)o1. The molecule has 3 rings (SSSR count). The van der Waals surface area contributed by atoms with Crippen LogP contribution in [0.5, 0.6) is 0 Å². The third kappa shape index (κ3) is 3.12. The van der Waals surface area contributed by atoms with Crippen LogP contribution in [0.15, 0.2) is 21.6 Å². The highest BCUT2D eigenvalue weighted by Crippen LogP contribution is 2.30. The normalized spacial score (nSPS) is 21.5. The second kappa shape index (κ2) is 5.43. The smallest absolute Gasteiger partial charge is 0.371 e. The number of furan rings is 1. The molecule has 1 saturated carbocycles. The van der Waals surface area contributed by atoms with Crippen molar-refractivity contribution < 1.29 is 22.7 Å². The number of piperazine rings is 1. The zero-order chi connectivity index (χ0) is 15.0. The van der Waals surface area contributed by atoms with E-state index in [0.717, 1.165) is 12.5 Å². The Bertz CT molecular complexity index is 627. The number of carbonyl (C=O) groups is 1. The molecule has 0 radical (unpaired) electrons. The molecule has 1 aromatic rings. The summed E-state index contributed by atoms with van der Waals surface area (Å²) in [5.41, 5.74) is 0. The minimum absolute atomic E-state index is 0.296. The van der Waals surface area contributed by atoms with Gasteiger partial charge in [0.05, 0.1) is 0 Å². The van der Waals surface area contributed by atoms with Gasteiger partial charge >= 0.3 is 5.97 Å². The van der Waals surface area contributed by atoms with E-state index in [2.05, 4.69) is 4.90 Å². The summed E-state index contributed by atoms with van der Waals surface area (Å²) in [6.07, 6.45) is 2.56. The van der Waals surface area contributed by atoms with Gasteiger partial charge in [-0.1, -0.05) is 0 Å². The van der Waals surface area contributed by atoms with Crippen molar-refractivity contribution in [1.29, 1.82) is 0 Å². The van der Waals surface area contributed by atoms with Crippen molar-refractivity contribution in [1.82, 2.24) is 9.21 Å². The molecule has 2 heterocycles. The average molecular weight is 314 g/mol. The van der Waals surface area contributed by atoms with E-state index in [1.165, 1.54) is 29.3 Å². The fourth-order valence-corrected chi connectivity index (χ4v) is 3.85. The molecule has 7 nitrogen and oxygen atoms in total. The molecule has 116 valence electrons. The Labute approximate surface area is 123 Å². The summed E-state index contributed by atoms with van der Waals surface area (Å²) in [5.74, 6) is -0.844. The first-order valence-corrected chi connectivity index (χ1v) is 8.46. The minimum Gasteiger partial charge on any atom is -0.475 e. The van der Waals surface area contributed by atoms with Gasteiger partial charge in [0.1, 0.15) is 0 Å². The Morgan fingerprint density at radius 1 is 1.24 bits per heavy atom. The van der Waals surface area contributed by atoms with Gasteiger partial charge < -0.3 is 14.4 Å². The van der Waals surface area contributed by atoms with Crippen molar-refractivity contribution in [2.75, 3.05) is 32.7 Å². The summed E-state index contributed by atoms with van der Waals surface area (Å²) in [5, 5.41) is 8.49. The molecule has 0 spiro atoms. The second-order valence-electron chi connectivity index (χ2n) is 5.57. The van der Waals surface area contributed by atoms with Crippen molar-refractivity contribution in [2.45, 2.75) is 17.9 Å². The van der Waals surface area contributed by atoms with Crippen molar-refractivity contribution in [3.05, 3.63) is 17.9 Å². The predicted octanol–water partition coefficient (Wildman–Crippen LogP) is 0.694. The molecule has 0 unspecified atom stereocenters. The molecule has 1 aliphatic heterocycles. The number of hydrogen-bond acceptors (Lipinski definition) is 5. The van der Waals surface area contributed by atoms with Crippen LogP contribution in [0.25, 0.3) is 0 Å². The predicted molar refractivity (Wildman–Crippen MR) is 73.6 cm³/mol. The lowest BCUT2D eigenvalue weighted by Crippen LogP contribution is -2.48. The van der Waals surface area contributed by atoms with Crippen LogP contribution in [-0.2, 0) is 10.0 Å². The quantitative estimate of drug-likeness (QED) is 0.860. The topological polar surface area (TPSA) is 91.1 Å². The summed E-state index contributed by atoms with van der Waals surface area (Å²) in [6, 6.07) is 2.37. The minimum atomic E-state index is -3.73. The maximum atomic E-state index is 12.4. The monoisotopic (exact) mass is 314 g/mol. The molecule has 0 amide bonds. The highest BCUT2D eigenvalue weighted by atomic mass is 32.2. The largest absolute Gasteiger partial charge is 0.475 e. The molecular weight excluding hydrogens is 296 g/mol. The number of aromatic carboxylic acids is 1. The van der Waals surface area contributed by atoms with Crippen molar-refractivity contribution in [3.63, 3.8) is 0 Å². The maximum absolute atomic E-state index is 12.4. The lowest BCUT2D eigenvalue weighted by atomic mass is 10.3. The number of carboxylic acids is 1. The van der Waals surface area contributed by atoms with Gasteiger partial charge in [-0.25, -0.2) is 13.2 Å². The Hall–Kier alpha value is -1.38. The molecule has 1 N–H and O–H groups in total. The first kappa shape index (κ1) is 14.6. The van der Waals surface area contributed by atoms with Crippen molar-refractivity contribution in [2.24, 2.45) is 5.92 Å². The number of carboxylic acid groups (broad SMARTS) is 1. The fraction of sp³-hybridized carbons (Fsp3) is 0.615. The Kier molecular flexibility index (Phi) is 3.76. The van der Waals surface area contributed by atoms with E-state index >= 15 is 0 Å². The number of nitrogens with zero attached hydrogens (tertiary/aromatic N) is 2. The third-order valence-electron chi connectivity index (χ3n) is 3.93. The Morgan fingerprint density at radius 3 is 2.43 bits per heavy atom. The molecule has 1 aromatic heterocycles. The van der Waals surface area contributed by atoms with Gasteiger partial charge in [-0.15, -0.1) is 0 Å². The molecule has 0 aromatic carbocycles. The van der Waals surface area contributed by atoms with Crippen LogP contribution in [-0.4, -0.2) is 61.4 Å². The van der Waals surface area contributed by atoms with E-state index in [-0.39, 0.29) is 10.9 Å². The van der Waals surface area contributed by atoms with Crippen LogP contribution in [0.2, 0.25) is 0 Å². The van der Waals surface area contributed by atoms with Gasteiger partial charge in [-0.2, -0.15) is 4.31 Å². The molecule has 21 heavy (non-hydrogen) atoms. The lowest BCUT2D eigenvalue weighted by molar-refractivity contribution is 0.0656. The van der Waals surface area contributed by atoms with Crippen LogP contribution in [0.3, 0.4) is 0 Å². The van der Waals surface area contributed by atoms with Gasteiger partial charge in [0.25, 0.3) is 10.0 Å². The van der Waals surface area contributed by atoms with Gasteiger partial charge in [-0.05, 0) is 30.9 Å². The molecule has 0 atom stereocenters. The molecule has 0 bridgehead atoms. The molecule has 2 aliphatic rings. The molecular formula is C13H18N2O5S. The first-order valence-electron chi connectivity index (χ1n) is 7.02. The summed E-state index contributed by atoms with van der Waals surface area (Å²) in [6.45, 7) is 3.30. The number of sulfonamides is 1. The fourth-order valence-electron chi connectivity index (χ4n) is 2.52. The zero-order valence-corrected chi connectivity index (χ0v) is 12.4. The van der Waals surface area contributed by atoms with Crippen LogP contribution in [0.1, 0.15) is 23.4 Å². The van der Waals surface area contributed by atoms with E-state index in [0.29, 0.717) is 26.2 Å². The van der Waals surface area contributed by atoms with E-state index in [4.69, 9.17) is 9.52 Å². The van der Waals surface area contributed by atoms with Crippen LogP contribution in [0, 0.1) is 5.92 Å². The number of rotatable bonds is 5. The standard InChI is InChI=1S/C13H18N2O5S/c16-13(17)11-3-4-12(20-11)21(18,19)15-7-5-14(6-8-15)9-10-1-2-10/h3-4,10H,1-2,5-9H2,(H,16,17). The molecule has 2 fully saturated rings. The van der Waals surface area contributed by atoms with Gasteiger partial charge in [0, 0.05) is 32.7 Å². The third-order valence-corrected chi connectivity index (χ3v) is 5.70. The van der Waals surface area contributed by atoms with E-state index in [1.54, 1.807) is 0 Å². The highest BCUT2D eigenvalue weighted by Gasteiger charge is 2.33. The molecule has 8 heteroatoms. The van der Waals surface area contributed by atoms with E-state index < -0.39 is 16.0 Å². The van der Waals surface area contributed by atoms with Gasteiger partial charge in [-0.3, -0.25) is 0 Å². The second-order valence-corrected chi connectivity index (χ2v) is 7.44. The summed E-state index contributed by atoms with van der Waals surface area (Å²) >= 11 is 0. The zero-order valence-electron chi connectivity index (χ0n) is 11.6. The lowest BCUT2D eigenvalue weighted by Gasteiger charge is -2.33. The van der Waals surface area contributed by atoms with Gasteiger partial charge in [0.15, 0.2) is 0 Å². The van der Waals surface area contributed by atoms with Crippen LogP contribution >= 0.6 is 0 Å². The summed E-state index contributed by atoms with van der Waals surface area (Å²) in [4.78, 5) is 13.0. The first-order chi connectivity index (χ1) is 9.96. The molecule has 1 saturated heterocycles. The molecule has 1 aliphatic carbocycles. The maximum Gasteiger partial charge on any atom is 0.371 e. The van der Waals surface area contributed by atoms with E-state index in [9.17, 15) is 13.2 Å². The Balaban J connectivity index is 1.66. The van der Waals surface area contributed by atoms with Crippen LogP contribution in [0.4, 0.5) is 0 Å². The summed E-state index contributed by atoms with van der Waals surface area (Å²) in [7, 11) is -3.73. The highest BCUT2D eigenvalue weighted by molar-refractivity contribution is 7.89. The van der Waals surface area contributed by atoms with Gasteiger partial charge in [0.2, 0.25) is 10.9 Å².